The highest BCUT2D eigenvalue weighted by Crippen LogP contribution is 2.29. The number of rotatable bonds is 8. The van der Waals surface area contributed by atoms with Gasteiger partial charge in [-0.2, -0.15) is 0 Å². The van der Waals surface area contributed by atoms with E-state index in [9.17, 15) is 0 Å². The number of nitrogens with two attached hydrogens (primary N) is 1. The minimum Gasteiger partial charge on any atom is -0.385 e. The predicted molar refractivity (Wildman–Crippen MR) is 78.7 cm³/mol. The Morgan fingerprint density at radius 1 is 1.15 bits per heavy atom. The van der Waals surface area contributed by atoms with E-state index in [4.69, 9.17) is 19.9 Å². The number of benzene rings is 1. The van der Waals surface area contributed by atoms with Gasteiger partial charge in [-0.1, -0.05) is 24.3 Å². The molecule has 112 valence electrons. The minimum atomic E-state index is -0.0200. The number of hydrogen-bond acceptors (Lipinski definition) is 4. The average molecular weight is 279 g/mol. The second kappa shape index (κ2) is 8.37. The maximum Gasteiger partial charge on any atom is 0.0772 e. The van der Waals surface area contributed by atoms with Gasteiger partial charge in [0, 0.05) is 20.3 Å². The van der Waals surface area contributed by atoms with E-state index in [0.29, 0.717) is 13.2 Å². The van der Waals surface area contributed by atoms with Gasteiger partial charge in [0.15, 0.2) is 0 Å². The molecule has 0 aromatic heterocycles. The summed E-state index contributed by atoms with van der Waals surface area (Å²) in [4.78, 5) is 0. The van der Waals surface area contributed by atoms with Crippen LogP contribution in [0, 0.1) is 0 Å². The van der Waals surface area contributed by atoms with E-state index in [-0.39, 0.29) is 12.1 Å². The van der Waals surface area contributed by atoms with Crippen molar-refractivity contribution in [3.05, 3.63) is 35.4 Å². The van der Waals surface area contributed by atoms with Gasteiger partial charge >= 0.3 is 0 Å². The first-order valence-electron chi connectivity index (χ1n) is 7.34. The zero-order valence-corrected chi connectivity index (χ0v) is 12.2. The van der Waals surface area contributed by atoms with Crippen LogP contribution in [0.25, 0.3) is 0 Å². The third-order valence-electron chi connectivity index (χ3n) is 3.71. The summed E-state index contributed by atoms with van der Waals surface area (Å²) >= 11 is 0. The maximum atomic E-state index is 6.29. The molecule has 2 atom stereocenters. The largest absolute Gasteiger partial charge is 0.385 e. The predicted octanol–water partition coefficient (Wildman–Crippen LogP) is 2.07. The third-order valence-corrected chi connectivity index (χ3v) is 3.71. The first-order chi connectivity index (χ1) is 9.83. The summed E-state index contributed by atoms with van der Waals surface area (Å²) in [5.74, 6) is 0. The SMILES string of the molecule is COCCCOCCOC1CCc2ccccc2C1N. The Kier molecular flexibility index (Phi) is 6.47. The number of methoxy groups -OCH3 is 1. The molecular weight excluding hydrogens is 254 g/mol. The van der Waals surface area contributed by atoms with Gasteiger partial charge in [-0.15, -0.1) is 0 Å². The quantitative estimate of drug-likeness (QED) is 0.740. The molecule has 2 N–H and O–H groups in total. The number of hydrogen-bond donors (Lipinski definition) is 1. The second-order valence-electron chi connectivity index (χ2n) is 5.13. The highest BCUT2D eigenvalue weighted by Gasteiger charge is 2.26. The van der Waals surface area contributed by atoms with E-state index >= 15 is 0 Å². The van der Waals surface area contributed by atoms with Crippen molar-refractivity contribution >= 4 is 0 Å². The van der Waals surface area contributed by atoms with E-state index in [1.165, 1.54) is 11.1 Å². The van der Waals surface area contributed by atoms with E-state index in [1.54, 1.807) is 7.11 Å². The number of fused-ring (bicyclic) bond motifs is 1. The molecule has 0 amide bonds. The molecule has 2 rings (SSSR count). The summed E-state index contributed by atoms with van der Waals surface area (Å²) in [7, 11) is 1.70. The zero-order chi connectivity index (χ0) is 14.2. The Labute approximate surface area is 121 Å². The molecule has 20 heavy (non-hydrogen) atoms. The third kappa shape index (κ3) is 4.28. The zero-order valence-electron chi connectivity index (χ0n) is 12.2. The van der Waals surface area contributed by atoms with Crippen molar-refractivity contribution < 1.29 is 14.2 Å². The lowest BCUT2D eigenvalue weighted by Crippen LogP contribution is -2.34. The van der Waals surface area contributed by atoms with Gasteiger partial charge in [-0.3, -0.25) is 0 Å². The minimum absolute atomic E-state index is 0.0200. The molecule has 2 unspecified atom stereocenters. The molecule has 0 saturated heterocycles. The molecule has 0 heterocycles. The Hall–Kier alpha value is -0.940. The Bertz CT molecular complexity index is 397. The molecule has 4 nitrogen and oxygen atoms in total. The Morgan fingerprint density at radius 3 is 2.85 bits per heavy atom. The molecule has 1 aromatic carbocycles. The monoisotopic (exact) mass is 279 g/mol. The lowest BCUT2D eigenvalue weighted by Gasteiger charge is -2.31. The van der Waals surface area contributed by atoms with Gasteiger partial charge in [0.05, 0.1) is 25.4 Å². The van der Waals surface area contributed by atoms with Crippen molar-refractivity contribution in [2.75, 3.05) is 33.5 Å². The molecule has 0 aliphatic heterocycles. The molecule has 1 aliphatic rings. The van der Waals surface area contributed by atoms with Crippen LogP contribution in [0.3, 0.4) is 0 Å². The van der Waals surface area contributed by atoms with E-state index in [0.717, 1.165) is 32.5 Å². The fraction of sp³-hybridized carbons (Fsp3) is 0.625. The van der Waals surface area contributed by atoms with Crippen LogP contribution in [0.1, 0.15) is 30.0 Å². The first kappa shape index (κ1) is 15.4. The highest BCUT2D eigenvalue weighted by atomic mass is 16.5. The van der Waals surface area contributed by atoms with Gasteiger partial charge < -0.3 is 19.9 Å². The van der Waals surface area contributed by atoms with Crippen LogP contribution in [0.4, 0.5) is 0 Å². The Morgan fingerprint density at radius 2 is 2.00 bits per heavy atom. The topological polar surface area (TPSA) is 53.7 Å². The fourth-order valence-electron chi connectivity index (χ4n) is 2.62. The summed E-state index contributed by atoms with van der Waals surface area (Å²) in [6.07, 6.45) is 3.06. The van der Waals surface area contributed by atoms with Crippen molar-refractivity contribution in [3.8, 4) is 0 Å². The maximum absolute atomic E-state index is 6.29. The molecule has 0 bridgehead atoms. The second-order valence-corrected chi connectivity index (χ2v) is 5.13. The smallest absolute Gasteiger partial charge is 0.0772 e. The van der Waals surface area contributed by atoms with Crippen molar-refractivity contribution in [2.45, 2.75) is 31.4 Å². The molecule has 1 aromatic rings. The van der Waals surface area contributed by atoms with Gasteiger partial charge in [0.2, 0.25) is 0 Å². The van der Waals surface area contributed by atoms with Crippen LogP contribution < -0.4 is 5.73 Å². The molecule has 0 fully saturated rings. The molecule has 0 radical (unpaired) electrons. The summed E-state index contributed by atoms with van der Waals surface area (Å²) in [5.41, 5.74) is 8.87. The summed E-state index contributed by atoms with van der Waals surface area (Å²) in [6.45, 7) is 2.68. The van der Waals surface area contributed by atoms with E-state index in [2.05, 4.69) is 18.2 Å². The summed E-state index contributed by atoms with van der Waals surface area (Å²) in [5, 5.41) is 0. The summed E-state index contributed by atoms with van der Waals surface area (Å²) in [6, 6.07) is 8.36. The van der Waals surface area contributed by atoms with Crippen LogP contribution in [0.15, 0.2) is 24.3 Å². The summed E-state index contributed by atoms with van der Waals surface area (Å²) < 4.78 is 16.3. The molecule has 4 heteroatoms. The van der Waals surface area contributed by atoms with Crippen LogP contribution >= 0.6 is 0 Å². The van der Waals surface area contributed by atoms with Gasteiger partial charge in [0.1, 0.15) is 0 Å². The van der Waals surface area contributed by atoms with Gasteiger partial charge in [0.25, 0.3) is 0 Å². The first-order valence-corrected chi connectivity index (χ1v) is 7.34. The Balaban J connectivity index is 1.67. The lowest BCUT2D eigenvalue weighted by atomic mass is 9.86. The lowest BCUT2D eigenvalue weighted by molar-refractivity contribution is -0.0149. The van der Waals surface area contributed by atoms with Gasteiger partial charge in [-0.05, 0) is 30.4 Å². The van der Waals surface area contributed by atoms with Crippen molar-refractivity contribution in [1.82, 2.24) is 0 Å². The van der Waals surface area contributed by atoms with Crippen molar-refractivity contribution in [3.63, 3.8) is 0 Å². The highest BCUT2D eigenvalue weighted by molar-refractivity contribution is 5.33. The van der Waals surface area contributed by atoms with E-state index in [1.807, 2.05) is 6.07 Å². The standard InChI is InChI=1S/C16H25NO3/c1-18-9-4-10-19-11-12-20-15-8-7-13-5-2-3-6-14(13)16(15)17/h2-3,5-6,15-16H,4,7-12,17H2,1H3. The van der Waals surface area contributed by atoms with Crippen LogP contribution in [-0.2, 0) is 20.6 Å². The van der Waals surface area contributed by atoms with Crippen LogP contribution in [0.5, 0.6) is 0 Å². The van der Waals surface area contributed by atoms with Crippen molar-refractivity contribution in [2.24, 2.45) is 5.73 Å². The normalized spacial score (nSPS) is 21.7. The number of aryl methyl sites for hydroxylation is 1. The molecule has 0 spiro atoms. The molecular formula is C16H25NO3. The van der Waals surface area contributed by atoms with E-state index < -0.39 is 0 Å². The van der Waals surface area contributed by atoms with Crippen LogP contribution in [0.2, 0.25) is 0 Å². The van der Waals surface area contributed by atoms with Crippen LogP contribution in [-0.4, -0.2) is 39.6 Å². The molecule has 0 saturated carbocycles. The van der Waals surface area contributed by atoms with Crippen molar-refractivity contribution in [1.29, 1.82) is 0 Å². The van der Waals surface area contributed by atoms with Gasteiger partial charge in [-0.25, -0.2) is 0 Å². The number of ether oxygens (including phenoxy) is 3. The molecule has 1 aliphatic carbocycles. The average Bonchev–Trinajstić information content (AvgIpc) is 2.49. The fourth-order valence-corrected chi connectivity index (χ4v) is 2.62.